The van der Waals surface area contributed by atoms with Crippen molar-refractivity contribution in [1.29, 1.82) is 0 Å². The van der Waals surface area contributed by atoms with Crippen molar-refractivity contribution in [2.24, 2.45) is 0 Å². The summed E-state index contributed by atoms with van der Waals surface area (Å²) in [6.45, 7) is 8.23. The maximum absolute atomic E-state index is 11.7. The number of fused-ring (bicyclic) bond motifs is 1. The third-order valence-corrected chi connectivity index (χ3v) is 3.31. The first-order chi connectivity index (χ1) is 10.1. The minimum absolute atomic E-state index is 0.175. The Morgan fingerprint density at radius 1 is 1.43 bits per heavy atom. The monoisotopic (exact) mass is 289 g/mol. The number of rotatable bonds is 7. The second-order valence-corrected chi connectivity index (χ2v) is 5.17. The number of carbonyl (C=O) groups excluding carboxylic acids is 1. The molecule has 0 spiro atoms. The maximum Gasteiger partial charge on any atom is 0.320 e. The summed E-state index contributed by atoms with van der Waals surface area (Å²) >= 11 is 0. The van der Waals surface area contributed by atoms with E-state index in [-0.39, 0.29) is 5.97 Å². The number of aryl methyl sites for hydroxylation is 1. The molecule has 0 amide bonds. The zero-order chi connectivity index (χ0) is 15.2. The summed E-state index contributed by atoms with van der Waals surface area (Å²) in [5.74, 6) is -0.175. The molecule has 0 saturated carbocycles. The molecule has 0 aliphatic carbocycles. The van der Waals surface area contributed by atoms with Crippen LogP contribution in [0.1, 0.15) is 31.5 Å². The van der Waals surface area contributed by atoms with Gasteiger partial charge in [0.25, 0.3) is 0 Å². The summed E-state index contributed by atoms with van der Waals surface area (Å²) in [7, 11) is 0. The van der Waals surface area contributed by atoms with E-state index >= 15 is 0 Å². The lowest BCUT2D eigenvalue weighted by Crippen LogP contribution is -2.31. The van der Waals surface area contributed by atoms with Gasteiger partial charge < -0.3 is 9.14 Å². The highest BCUT2D eigenvalue weighted by Gasteiger charge is 2.13. The average molecular weight is 289 g/mol. The van der Waals surface area contributed by atoms with E-state index in [1.54, 1.807) is 0 Å². The number of hydrogen-bond donors (Lipinski definition) is 0. The number of carbonyl (C=O) groups is 1. The lowest BCUT2D eigenvalue weighted by molar-refractivity contribution is -0.144. The van der Waals surface area contributed by atoms with Crippen LogP contribution in [0.2, 0.25) is 0 Å². The van der Waals surface area contributed by atoms with Crippen LogP contribution < -0.4 is 0 Å². The Labute approximate surface area is 125 Å². The van der Waals surface area contributed by atoms with Crippen LogP contribution in [0.15, 0.2) is 24.5 Å². The Kier molecular flexibility index (Phi) is 5.33. The molecule has 0 bridgehead atoms. The molecule has 0 N–H and O–H groups in total. The standard InChI is InChI=1S/C16H23N3O2/c1-4-8-18(12-15(20)21-5-2)10-14-11-19-9-6-7-13(3)16(19)17-14/h6-7,9,11H,4-5,8,10,12H2,1-3H3. The molecule has 0 aliphatic rings. The fraction of sp³-hybridized carbons (Fsp3) is 0.500. The topological polar surface area (TPSA) is 46.8 Å². The second-order valence-electron chi connectivity index (χ2n) is 5.17. The van der Waals surface area contributed by atoms with Gasteiger partial charge in [0.2, 0.25) is 0 Å². The molecule has 21 heavy (non-hydrogen) atoms. The van der Waals surface area contributed by atoms with Crippen LogP contribution in [-0.4, -0.2) is 40.0 Å². The summed E-state index contributed by atoms with van der Waals surface area (Å²) < 4.78 is 7.06. The van der Waals surface area contributed by atoms with E-state index in [0.717, 1.165) is 29.9 Å². The van der Waals surface area contributed by atoms with Crippen molar-refractivity contribution in [3.63, 3.8) is 0 Å². The Hall–Kier alpha value is -1.88. The molecule has 2 rings (SSSR count). The molecule has 0 atom stereocenters. The molecule has 0 fully saturated rings. The molecular formula is C16H23N3O2. The first-order valence-corrected chi connectivity index (χ1v) is 7.45. The number of imidazole rings is 1. The molecular weight excluding hydrogens is 266 g/mol. The van der Waals surface area contributed by atoms with Gasteiger partial charge in [0.05, 0.1) is 18.8 Å². The first-order valence-electron chi connectivity index (χ1n) is 7.45. The van der Waals surface area contributed by atoms with Gasteiger partial charge in [0, 0.05) is 18.9 Å². The fourth-order valence-electron chi connectivity index (χ4n) is 2.43. The van der Waals surface area contributed by atoms with Crippen molar-refractivity contribution < 1.29 is 9.53 Å². The lowest BCUT2D eigenvalue weighted by atomic mass is 10.3. The molecule has 0 saturated heterocycles. The van der Waals surface area contributed by atoms with Gasteiger partial charge in [0.1, 0.15) is 5.65 Å². The van der Waals surface area contributed by atoms with E-state index in [9.17, 15) is 4.79 Å². The van der Waals surface area contributed by atoms with E-state index in [2.05, 4.69) is 29.8 Å². The third-order valence-electron chi connectivity index (χ3n) is 3.31. The van der Waals surface area contributed by atoms with Crippen molar-refractivity contribution in [2.45, 2.75) is 33.7 Å². The summed E-state index contributed by atoms with van der Waals surface area (Å²) in [4.78, 5) is 18.4. The highest BCUT2D eigenvalue weighted by atomic mass is 16.5. The zero-order valence-electron chi connectivity index (χ0n) is 13.0. The molecule has 0 radical (unpaired) electrons. The molecule has 114 valence electrons. The number of esters is 1. The van der Waals surface area contributed by atoms with E-state index in [4.69, 9.17) is 4.74 Å². The molecule has 0 aliphatic heterocycles. The van der Waals surface area contributed by atoms with Crippen LogP contribution in [-0.2, 0) is 16.1 Å². The first kappa shape index (κ1) is 15.5. The number of hydrogen-bond acceptors (Lipinski definition) is 4. The number of pyridine rings is 1. The van der Waals surface area contributed by atoms with E-state index < -0.39 is 0 Å². The summed E-state index contributed by atoms with van der Waals surface area (Å²) in [5, 5.41) is 0. The summed E-state index contributed by atoms with van der Waals surface area (Å²) in [6.07, 6.45) is 5.01. The van der Waals surface area contributed by atoms with E-state index in [1.165, 1.54) is 0 Å². The fourth-order valence-corrected chi connectivity index (χ4v) is 2.43. The highest BCUT2D eigenvalue weighted by Crippen LogP contribution is 2.12. The number of nitrogens with zero attached hydrogens (tertiary/aromatic N) is 3. The normalized spacial score (nSPS) is 11.2. The second kappa shape index (κ2) is 7.22. The Morgan fingerprint density at radius 3 is 2.90 bits per heavy atom. The van der Waals surface area contributed by atoms with Gasteiger partial charge in [-0.1, -0.05) is 13.0 Å². The molecule has 2 aromatic heterocycles. The summed E-state index contributed by atoms with van der Waals surface area (Å²) in [6, 6.07) is 4.06. The van der Waals surface area contributed by atoms with Crippen LogP contribution in [0.25, 0.3) is 5.65 Å². The number of ether oxygens (including phenoxy) is 1. The smallest absolute Gasteiger partial charge is 0.320 e. The molecule has 2 heterocycles. The Balaban J connectivity index is 2.10. The van der Waals surface area contributed by atoms with Gasteiger partial charge in [-0.25, -0.2) is 4.98 Å². The SMILES string of the molecule is CCCN(CC(=O)OCC)Cc1cn2cccc(C)c2n1. The van der Waals surface area contributed by atoms with Gasteiger partial charge >= 0.3 is 5.97 Å². The lowest BCUT2D eigenvalue weighted by Gasteiger charge is -2.19. The largest absolute Gasteiger partial charge is 0.465 e. The van der Waals surface area contributed by atoms with E-state index in [0.29, 0.717) is 19.7 Å². The van der Waals surface area contributed by atoms with Crippen LogP contribution in [0.3, 0.4) is 0 Å². The van der Waals surface area contributed by atoms with Crippen LogP contribution in [0.5, 0.6) is 0 Å². The van der Waals surface area contributed by atoms with Gasteiger partial charge in [-0.05, 0) is 38.4 Å². The number of aromatic nitrogens is 2. The van der Waals surface area contributed by atoms with Crippen LogP contribution in [0, 0.1) is 6.92 Å². The quantitative estimate of drug-likeness (QED) is 0.734. The zero-order valence-corrected chi connectivity index (χ0v) is 13.0. The predicted octanol–water partition coefficient (Wildman–Crippen LogP) is 2.42. The van der Waals surface area contributed by atoms with Crippen molar-refractivity contribution in [3.05, 3.63) is 35.8 Å². The van der Waals surface area contributed by atoms with Crippen molar-refractivity contribution in [2.75, 3.05) is 19.7 Å². The Morgan fingerprint density at radius 2 is 2.24 bits per heavy atom. The molecule has 0 unspecified atom stereocenters. The van der Waals surface area contributed by atoms with Gasteiger partial charge in [-0.2, -0.15) is 0 Å². The van der Waals surface area contributed by atoms with Gasteiger partial charge in [-0.15, -0.1) is 0 Å². The third kappa shape index (κ3) is 4.04. The van der Waals surface area contributed by atoms with Crippen molar-refractivity contribution in [3.8, 4) is 0 Å². The van der Waals surface area contributed by atoms with Crippen LogP contribution in [0.4, 0.5) is 0 Å². The summed E-state index contributed by atoms with van der Waals surface area (Å²) in [5.41, 5.74) is 3.10. The molecule has 5 heteroatoms. The highest BCUT2D eigenvalue weighted by molar-refractivity contribution is 5.71. The molecule has 0 aromatic carbocycles. The Bertz CT molecular complexity index is 607. The molecule has 2 aromatic rings. The average Bonchev–Trinajstić information content (AvgIpc) is 2.83. The van der Waals surface area contributed by atoms with Crippen LogP contribution >= 0.6 is 0 Å². The maximum atomic E-state index is 11.7. The van der Waals surface area contributed by atoms with E-state index in [1.807, 2.05) is 29.8 Å². The minimum atomic E-state index is -0.175. The van der Waals surface area contributed by atoms with Gasteiger partial charge in [-0.3, -0.25) is 9.69 Å². The predicted molar refractivity (Wildman–Crippen MR) is 82.1 cm³/mol. The minimum Gasteiger partial charge on any atom is -0.465 e. The van der Waals surface area contributed by atoms with Crippen molar-refractivity contribution >= 4 is 11.6 Å². The molecule has 5 nitrogen and oxygen atoms in total. The van der Waals surface area contributed by atoms with Crippen molar-refractivity contribution in [1.82, 2.24) is 14.3 Å². The van der Waals surface area contributed by atoms with Gasteiger partial charge in [0.15, 0.2) is 0 Å².